The summed E-state index contributed by atoms with van der Waals surface area (Å²) in [6, 6.07) is 14.5. The van der Waals surface area contributed by atoms with Crippen LogP contribution in [0.5, 0.6) is 5.75 Å². The quantitative estimate of drug-likeness (QED) is 0.858. The summed E-state index contributed by atoms with van der Waals surface area (Å²) < 4.78 is 5.11. The predicted octanol–water partition coefficient (Wildman–Crippen LogP) is 2.97. The van der Waals surface area contributed by atoms with E-state index in [1.54, 1.807) is 31.4 Å². The Bertz CT molecular complexity index is 737. The number of anilines is 1. The number of ether oxygens (including phenoxy) is 1. The normalized spacial score (nSPS) is 13.2. The van der Waals surface area contributed by atoms with Crippen LogP contribution in [0.4, 0.5) is 5.69 Å². The molecule has 1 saturated carbocycles. The van der Waals surface area contributed by atoms with Gasteiger partial charge in [-0.25, -0.2) is 0 Å². The summed E-state index contributed by atoms with van der Waals surface area (Å²) in [5, 5.41) is 5.73. The molecule has 0 saturated heterocycles. The van der Waals surface area contributed by atoms with Gasteiger partial charge in [0.05, 0.1) is 7.11 Å². The molecule has 0 aromatic heterocycles. The van der Waals surface area contributed by atoms with Gasteiger partial charge in [-0.15, -0.1) is 0 Å². The Balaban J connectivity index is 1.58. The molecule has 0 spiro atoms. The van der Waals surface area contributed by atoms with Crippen LogP contribution >= 0.6 is 0 Å². The highest BCUT2D eigenvalue weighted by atomic mass is 16.5. The maximum absolute atomic E-state index is 12.3. The lowest BCUT2D eigenvalue weighted by Crippen LogP contribution is -2.23. The number of hydrogen-bond donors (Lipinski definition) is 2. The van der Waals surface area contributed by atoms with E-state index in [1.807, 2.05) is 24.3 Å². The lowest BCUT2D eigenvalue weighted by atomic mass is 10.1. The number of methoxy groups -OCH3 is 1. The molecule has 0 bridgehead atoms. The van der Waals surface area contributed by atoms with E-state index >= 15 is 0 Å². The fourth-order valence-corrected chi connectivity index (χ4v) is 2.36. The number of rotatable bonds is 6. The molecule has 5 heteroatoms. The number of benzene rings is 2. The molecule has 0 aliphatic heterocycles. The number of carbonyl (C=O) groups excluding carboxylic acids is 2. The third-order valence-corrected chi connectivity index (χ3v) is 3.95. The van der Waals surface area contributed by atoms with Crippen molar-refractivity contribution in [2.24, 2.45) is 5.92 Å². The third kappa shape index (κ3) is 4.13. The molecule has 0 radical (unpaired) electrons. The molecular weight excluding hydrogens is 304 g/mol. The van der Waals surface area contributed by atoms with E-state index in [1.165, 1.54) is 0 Å². The molecule has 1 fully saturated rings. The Hall–Kier alpha value is -2.82. The van der Waals surface area contributed by atoms with Crippen molar-refractivity contribution < 1.29 is 14.3 Å². The van der Waals surface area contributed by atoms with Crippen molar-refractivity contribution in [1.82, 2.24) is 5.32 Å². The average Bonchev–Trinajstić information content (AvgIpc) is 3.45. The highest BCUT2D eigenvalue weighted by molar-refractivity contribution is 5.98. The summed E-state index contributed by atoms with van der Waals surface area (Å²) in [5.41, 5.74) is 2.17. The molecule has 124 valence electrons. The maximum Gasteiger partial charge on any atom is 0.251 e. The number of hydrogen-bond acceptors (Lipinski definition) is 3. The highest BCUT2D eigenvalue weighted by Crippen LogP contribution is 2.30. The minimum absolute atomic E-state index is 0.0331. The summed E-state index contributed by atoms with van der Waals surface area (Å²) in [5.74, 6) is 0.779. The van der Waals surface area contributed by atoms with Crippen LogP contribution in [0.15, 0.2) is 48.5 Å². The Morgan fingerprint density at radius 1 is 1.12 bits per heavy atom. The van der Waals surface area contributed by atoms with Crippen LogP contribution < -0.4 is 15.4 Å². The Kier molecular flexibility index (Phi) is 4.79. The minimum Gasteiger partial charge on any atom is -0.497 e. The van der Waals surface area contributed by atoms with Crippen LogP contribution in [0, 0.1) is 5.92 Å². The van der Waals surface area contributed by atoms with E-state index in [-0.39, 0.29) is 17.7 Å². The molecule has 5 nitrogen and oxygen atoms in total. The Labute approximate surface area is 141 Å². The first-order chi connectivity index (χ1) is 11.7. The molecule has 2 aromatic rings. The summed E-state index contributed by atoms with van der Waals surface area (Å²) in [4.78, 5) is 24.1. The van der Waals surface area contributed by atoms with Crippen LogP contribution in [-0.4, -0.2) is 18.9 Å². The van der Waals surface area contributed by atoms with E-state index in [0.717, 1.165) is 24.2 Å². The van der Waals surface area contributed by atoms with Crippen molar-refractivity contribution >= 4 is 17.5 Å². The van der Waals surface area contributed by atoms with Gasteiger partial charge in [0.15, 0.2) is 0 Å². The van der Waals surface area contributed by atoms with Crippen LogP contribution in [0.25, 0.3) is 0 Å². The zero-order valence-electron chi connectivity index (χ0n) is 13.5. The molecule has 0 unspecified atom stereocenters. The monoisotopic (exact) mass is 324 g/mol. The van der Waals surface area contributed by atoms with Crippen LogP contribution in [0.1, 0.15) is 28.8 Å². The topological polar surface area (TPSA) is 67.4 Å². The molecular formula is C19H20N2O3. The van der Waals surface area contributed by atoms with Gasteiger partial charge in [-0.2, -0.15) is 0 Å². The summed E-state index contributed by atoms with van der Waals surface area (Å²) in [6.45, 7) is 0.432. The molecule has 1 aliphatic rings. The second-order valence-corrected chi connectivity index (χ2v) is 5.88. The third-order valence-electron chi connectivity index (χ3n) is 3.95. The second-order valence-electron chi connectivity index (χ2n) is 5.88. The smallest absolute Gasteiger partial charge is 0.251 e. The number of amides is 2. The Morgan fingerprint density at radius 2 is 1.88 bits per heavy atom. The zero-order valence-corrected chi connectivity index (χ0v) is 13.5. The van der Waals surface area contributed by atoms with Crippen molar-refractivity contribution in [2.75, 3.05) is 12.4 Å². The molecule has 0 atom stereocenters. The number of nitrogens with one attached hydrogen (secondary N) is 2. The average molecular weight is 324 g/mol. The molecule has 2 amide bonds. The van der Waals surface area contributed by atoms with E-state index < -0.39 is 0 Å². The van der Waals surface area contributed by atoms with Gasteiger partial charge in [-0.1, -0.05) is 18.2 Å². The highest BCUT2D eigenvalue weighted by Gasteiger charge is 2.29. The molecule has 0 heterocycles. The standard InChI is InChI=1S/C19H20N2O3/c1-24-17-9-5-13(6-10-17)12-20-18(22)15-3-2-4-16(11-15)21-19(23)14-7-8-14/h2-6,9-11,14H,7-8,12H2,1H3,(H,20,22)(H,21,23). The molecule has 2 aromatic carbocycles. The lowest BCUT2D eigenvalue weighted by molar-refractivity contribution is -0.117. The first-order valence-electron chi connectivity index (χ1n) is 7.98. The van der Waals surface area contributed by atoms with Crippen molar-refractivity contribution in [2.45, 2.75) is 19.4 Å². The maximum atomic E-state index is 12.3. The first-order valence-corrected chi connectivity index (χ1v) is 7.98. The summed E-state index contributed by atoms with van der Waals surface area (Å²) in [6.07, 6.45) is 1.90. The van der Waals surface area contributed by atoms with Crippen molar-refractivity contribution in [3.63, 3.8) is 0 Å². The molecule has 3 rings (SSSR count). The summed E-state index contributed by atoms with van der Waals surface area (Å²) in [7, 11) is 1.62. The van der Waals surface area contributed by atoms with E-state index in [2.05, 4.69) is 10.6 Å². The largest absolute Gasteiger partial charge is 0.497 e. The summed E-state index contributed by atoms with van der Waals surface area (Å²) >= 11 is 0. The van der Waals surface area contributed by atoms with Gasteiger partial charge in [-0.05, 0) is 48.7 Å². The zero-order chi connectivity index (χ0) is 16.9. The van der Waals surface area contributed by atoms with Gasteiger partial charge in [0.25, 0.3) is 5.91 Å². The van der Waals surface area contributed by atoms with E-state index in [4.69, 9.17) is 4.74 Å². The molecule has 1 aliphatic carbocycles. The van der Waals surface area contributed by atoms with Crippen molar-refractivity contribution in [1.29, 1.82) is 0 Å². The Morgan fingerprint density at radius 3 is 2.54 bits per heavy atom. The molecule has 24 heavy (non-hydrogen) atoms. The predicted molar refractivity (Wildman–Crippen MR) is 92.0 cm³/mol. The van der Waals surface area contributed by atoms with Gasteiger partial charge < -0.3 is 15.4 Å². The van der Waals surface area contributed by atoms with Gasteiger partial charge >= 0.3 is 0 Å². The van der Waals surface area contributed by atoms with E-state index in [0.29, 0.717) is 17.8 Å². The second kappa shape index (κ2) is 7.17. The lowest BCUT2D eigenvalue weighted by Gasteiger charge is -2.09. The first kappa shape index (κ1) is 16.1. The van der Waals surface area contributed by atoms with Gasteiger partial charge in [-0.3, -0.25) is 9.59 Å². The van der Waals surface area contributed by atoms with Crippen molar-refractivity contribution in [3.05, 3.63) is 59.7 Å². The minimum atomic E-state index is -0.173. The van der Waals surface area contributed by atoms with Crippen LogP contribution in [-0.2, 0) is 11.3 Å². The fourth-order valence-electron chi connectivity index (χ4n) is 2.36. The molecule has 2 N–H and O–H groups in total. The SMILES string of the molecule is COc1ccc(CNC(=O)c2cccc(NC(=O)C3CC3)c2)cc1. The van der Waals surface area contributed by atoms with Crippen LogP contribution in [0.3, 0.4) is 0 Å². The van der Waals surface area contributed by atoms with Gasteiger partial charge in [0.1, 0.15) is 5.75 Å². The van der Waals surface area contributed by atoms with Crippen molar-refractivity contribution in [3.8, 4) is 5.75 Å². The van der Waals surface area contributed by atoms with E-state index in [9.17, 15) is 9.59 Å². The van der Waals surface area contributed by atoms with Gasteiger partial charge in [0.2, 0.25) is 5.91 Å². The van der Waals surface area contributed by atoms with Gasteiger partial charge in [0, 0.05) is 23.7 Å². The van der Waals surface area contributed by atoms with Crippen LogP contribution in [0.2, 0.25) is 0 Å². The number of carbonyl (C=O) groups is 2. The fraction of sp³-hybridized carbons (Fsp3) is 0.263.